The molecule has 1 rings (SSSR count). The Kier molecular flexibility index (Phi) is 3.48. The van der Waals surface area contributed by atoms with Crippen molar-refractivity contribution < 1.29 is 22.8 Å². The third-order valence-corrected chi connectivity index (χ3v) is 3.24. The molecule has 0 aromatic rings. The van der Waals surface area contributed by atoms with Gasteiger partial charge in [0.1, 0.15) is 11.3 Å². The molecule has 8 heteroatoms. The number of nitrogens with one attached hydrogen (secondary N) is 1. The van der Waals surface area contributed by atoms with Gasteiger partial charge >= 0.3 is 6.18 Å². The topological polar surface area (TPSA) is 72.2 Å². The first-order valence-electron chi connectivity index (χ1n) is 4.07. The standard InChI is InChI=1S/C7H9F3N2O2S/c8-7(9,10)4-1-5(13)12-3(2-15-4)6(11)14/h3-4H,1-2H2,(H2,11,14)(H,12,13)/t3-,4-/m0/s1. The first kappa shape index (κ1) is 12.2. The van der Waals surface area contributed by atoms with Crippen LogP contribution in [0.5, 0.6) is 0 Å². The molecule has 0 saturated carbocycles. The number of carbonyl (C=O) groups excluding carboxylic acids is 2. The van der Waals surface area contributed by atoms with Crippen LogP contribution in [0.2, 0.25) is 0 Å². The second-order valence-corrected chi connectivity index (χ2v) is 4.33. The first-order chi connectivity index (χ1) is 6.80. The molecule has 1 aliphatic rings. The third-order valence-electron chi connectivity index (χ3n) is 1.88. The molecule has 0 aromatic carbocycles. The van der Waals surface area contributed by atoms with E-state index in [2.05, 4.69) is 5.32 Å². The maximum Gasteiger partial charge on any atom is 0.401 e. The summed E-state index contributed by atoms with van der Waals surface area (Å²) in [5.41, 5.74) is 4.91. The maximum absolute atomic E-state index is 12.3. The molecule has 1 saturated heterocycles. The Hall–Kier alpha value is -0.920. The minimum absolute atomic E-state index is 0.148. The maximum atomic E-state index is 12.3. The zero-order chi connectivity index (χ0) is 11.6. The summed E-state index contributed by atoms with van der Waals surface area (Å²) in [6, 6.07) is -1.02. The molecule has 0 bridgehead atoms. The van der Waals surface area contributed by atoms with Crippen LogP contribution in [0.3, 0.4) is 0 Å². The van der Waals surface area contributed by atoms with Crippen LogP contribution in [0.1, 0.15) is 6.42 Å². The molecule has 1 aliphatic heterocycles. The van der Waals surface area contributed by atoms with E-state index in [1.54, 1.807) is 0 Å². The van der Waals surface area contributed by atoms with Crippen LogP contribution in [0.4, 0.5) is 13.2 Å². The number of rotatable bonds is 1. The van der Waals surface area contributed by atoms with Crippen molar-refractivity contribution >= 4 is 23.6 Å². The summed E-state index contributed by atoms with van der Waals surface area (Å²) >= 11 is 0.522. The predicted octanol–water partition coefficient (Wildman–Crippen LogP) is 0.0243. The number of nitrogens with two attached hydrogens (primary N) is 1. The molecule has 0 aliphatic carbocycles. The van der Waals surface area contributed by atoms with Gasteiger partial charge in [-0.2, -0.15) is 13.2 Å². The van der Waals surface area contributed by atoms with E-state index in [1.807, 2.05) is 0 Å². The lowest BCUT2D eigenvalue weighted by molar-refractivity contribution is -0.140. The van der Waals surface area contributed by atoms with Crippen LogP contribution in [-0.4, -0.2) is 35.0 Å². The van der Waals surface area contributed by atoms with E-state index in [9.17, 15) is 22.8 Å². The molecule has 15 heavy (non-hydrogen) atoms. The highest BCUT2D eigenvalue weighted by molar-refractivity contribution is 8.00. The predicted molar refractivity (Wildman–Crippen MR) is 48.0 cm³/mol. The summed E-state index contributed by atoms with van der Waals surface area (Å²) in [6.45, 7) is 0. The van der Waals surface area contributed by atoms with Gasteiger partial charge in [0.05, 0.1) is 0 Å². The van der Waals surface area contributed by atoms with Gasteiger partial charge in [0, 0.05) is 12.2 Å². The van der Waals surface area contributed by atoms with Crippen LogP contribution in [0.25, 0.3) is 0 Å². The van der Waals surface area contributed by atoms with E-state index >= 15 is 0 Å². The van der Waals surface area contributed by atoms with Crippen LogP contribution >= 0.6 is 11.8 Å². The lowest BCUT2D eigenvalue weighted by atomic mass is 10.2. The zero-order valence-corrected chi connectivity index (χ0v) is 8.32. The number of hydrogen-bond donors (Lipinski definition) is 2. The van der Waals surface area contributed by atoms with Crippen LogP contribution in [0.15, 0.2) is 0 Å². The molecule has 0 radical (unpaired) electrons. The summed E-state index contributed by atoms with van der Waals surface area (Å²) < 4.78 is 36.9. The summed E-state index contributed by atoms with van der Waals surface area (Å²) in [7, 11) is 0. The van der Waals surface area contributed by atoms with Gasteiger partial charge in [-0.15, -0.1) is 11.8 Å². The fourth-order valence-corrected chi connectivity index (χ4v) is 2.23. The number of amides is 2. The Morgan fingerprint density at radius 2 is 2.13 bits per heavy atom. The monoisotopic (exact) mass is 242 g/mol. The molecule has 1 fully saturated rings. The average Bonchev–Trinajstić information content (AvgIpc) is 2.25. The highest BCUT2D eigenvalue weighted by Gasteiger charge is 2.43. The summed E-state index contributed by atoms with van der Waals surface area (Å²) in [5.74, 6) is -1.77. The Labute approximate surface area is 87.8 Å². The highest BCUT2D eigenvalue weighted by Crippen LogP contribution is 2.34. The van der Waals surface area contributed by atoms with Gasteiger partial charge in [0.15, 0.2) is 0 Å². The molecular formula is C7H9F3N2O2S. The van der Waals surface area contributed by atoms with Gasteiger partial charge in [-0.05, 0) is 0 Å². The van der Waals surface area contributed by atoms with Crippen LogP contribution < -0.4 is 11.1 Å². The number of carbonyl (C=O) groups is 2. The molecular weight excluding hydrogens is 233 g/mol. The number of primary amides is 1. The van der Waals surface area contributed by atoms with E-state index in [1.165, 1.54) is 0 Å². The van der Waals surface area contributed by atoms with E-state index in [-0.39, 0.29) is 5.75 Å². The van der Waals surface area contributed by atoms with E-state index in [4.69, 9.17) is 5.73 Å². The van der Waals surface area contributed by atoms with Gasteiger partial charge in [-0.1, -0.05) is 0 Å². The van der Waals surface area contributed by atoms with Crippen molar-refractivity contribution in [3.8, 4) is 0 Å². The summed E-state index contributed by atoms with van der Waals surface area (Å²) in [5, 5.41) is 0.384. The molecule has 0 aromatic heterocycles. The molecule has 86 valence electrons. The lowest BCUT2D eigenvalue weighted by Crippen LogP contribution is -2.44. The van der Waals surface area contributed by atoms with Crippen molar-refractivity contribution in [1.29, 1.82) is 0 Å². The molecule has 0 spiro atoms. The van der Waals surface area contributed by atoms with Crippen molar-refractivity contribution in [2.24, 2.45) is 5.73 Å². The van der Waals surface area contributed by atoms with Gasteiger partial charge in [0.25, 0.3) is 0 Å². The minimum atomic E-state index is -4.44. The van der Waals surface area contributed by atoms with Gasteiger partial charge in [0.2, 0.25) is 11.8 Å². The van der Waals surface area contributed by atoms with Crippen LogP contribution in [-0.2, 0) is 9.59 Å². The smallest absolute Gasteiger partial charge is 0.368 e. The summed E-state index contributed by atoms with van der Waals surface area (Å²) in [4.78, 5) is 21.7. The largest absolute Gasteiger partial charge is 0.401 e. The first-order valence-corrected chi connectivity index (χ1v) is 5.12. The molecule has 4 nitrogen and oxygen atoms in total. The van der Waals surface area contributed by atoms with Crippen molar-refractivity contribution in [2.75, 3.05) is 5.75 Å². The second kappa shape index (κ2) is 4.30. The average molecular weight is 242 g/mol. The van der Waals surface area contributed by atoms with Crippen molar-refractivity contribution in [2.45, 2.75) is 23.9 Å². The second-order valence-electron chi connectivity index (χ2n) is 3.09. The van der Waals surface area contributed by atoms with Crippen LogP contribution in [0, 0.1) is 0 Å². The zero-order valence-electron chi connectivity index (χ0n) is 7.50. The van der Waals surface area contributed by atoms with Gasteiger partial charge in [-0.3, -0.25) is 9.59 Å². The molecule has 3 N–H and O–H groups in total. The van der Waals surface area contributed by atoms with Crippen molar-refractivity contribution in [3.63, 3.8) is 0 Å². The normalized spacial score (nSPS) is 28.1. The Balaban J connectivity index is 2.71. The Morgan fingerprint density at radius 1 is 1.53 bits per heavy atom. The van der Waals surface area contributed by atoms with E-state index in [0.29, 0.717) is 11.8 Å². The number of halogens is 3. The highest BCUT2D eigenvalue weighted by atomic mass is 32.2. The van der Waals surface area contributed by atoms with Crippen molar-refractivity contribution in [3.05, 3.63) is 0 Å². The van der Waals surface area contributed by atoms with Gasteiger partial charge < -0.3 is 11.1 Å². The molecule has 1 heterocycles. The summed E-state index contributed by atoms with van der Waals surface area (Å²) in [6.07, 6.45) is -5.10. The fraction of sp³-hybridized carbons (Fsp3) is 0.714. The Morgan fingerprint density at radius 3 is 2.60 bits per heavy atom. The quantitative estimate of drug-likeness (QED) is 0.681. The van der Waals surface area contributed by atoms with E-state index in [0.717, 1.165) is 0 Å². The molecule has 2 amide bonds. The molecule has 0 unspecified atom stereocenters. The Bertz CT molecular complexity index is 282. The van der Waals surface area contributed by atoms with E-state index < -0.39 is 35.7 Å². The lowest BCUT2D eigenvalue weighted by Gasteiger charge is -2.15. The number of alkyl halides is 3. The van der Waals surface area contributed by atoms with Crippen molar-refractivity contribution in [1.82, 2.24) is 5.32 Å². The SMILES string of the molecule is NC(=O)[C@@H]1CS[C@H](C(F)(F)F)CC(=O)N1. The van der Waals surface area contributed by atoms with Gasteiger partial charge in [-0.25, -0.2) is 0 Å². The number of thioether (sulfide) groups is 1. The number of hydrogen-bond acceptors (Lipinski definition) is 3. The fourth-order valence-electron chi connectivity index (χ4n) is 1.10. The third kappa shape index (κ3) is 3.29. The molecule has 2 atom stereocenters. The minimum Gasteiger partial charge on any atom is -0.368 e.